The highest BCUT2D eigenvalue weighted by molar-refractivity contribution is 7.16. The van der Waals surface area contributed by atoms with Gasteiger partial charge in [-0.1, -0.05) is 18.3 Å². The molecule has 0 aliphatic rings. The maximum atomic E-state index is 12.7. The predicted octanol–water partition coefficient (Wildman–Crippen LogP) is 3.94. The first-order valence-electron chi connectivity index (χ1n) is 9.10. The van der Waals surface area contributed by atoms with Crippen molar-refractivity contribution in [2.75, 3.05) is 33.2 Å². The first-order chi connectivity index (χ1) is 13.5. The van der Waals surface area contributed by atoms with Gasteiger partial charge < -0.3 is 18.9 Å². The normalized spacial score (nSPS) is 11.7. The number of ether oxygens (including phenoxy) is 2. The quantitative estimate of drug-likeness (QED) is 0.630. The van der Waals surface area contributed by atoms with Gasteiger partial charge in [0.1, 0.15) is 0 Å². The van der Waals surface area contributed by atoms with Crippen molar-refractivity contribution < 1.29 is 14.3 Å². The van der Waals surface area contributed by atoms with Crippen molar-refractivity contribution in [1.82, 2.24) is 4.57 Å². The van der Waals surface area contributed by atoms with Crippen LogP contribution in [0.15, 0.2) is 41.4 Å². The average molecular weight is 400 g/mol. The topological polar surface area (TPSA) is 56.1 Å². The zero-order valence-corrected chi connectivity index (χ0v) is 17.7. The highest BCUT2D eigenvalue weighted by Gasteiger charge is 2.13. The van der Waals surface area contributed by atoms with Crippen molar-refractivity contribution in [3.05, 3.63) is 46.8 Å². The largest absolute Gasteiger partial charge is 0.493 e. The Kier molecular flexibility index (Phi) is 6.04. The van der Waals surface area contributed by atoms with Crippen molar-refractivity contribution in [1.29, 1.82) is 0 Å². The van der Waals surface area contributed by atoms with Gasteiger partial charge in [0.2, 0.25) is 0 Å². The molecule has 1 aromatic heterocycles. The van der Waals surface area contributed by atoms with Crippen LogP contribution in [0.5, 0.6) is 11.5 Å². The Balaban J connectivity index is 2.09. The molecule has 148 valence electrons. The highest BCUT2D eigenvalue weighted by atomic mass is 32.1. The lowest BCUT2D eigenvalue weighted by Gasteiger charge is -2.11. The summed E-state index contributed by atoms with van der Waals surface area (Å²) in [5.41, 5.74) is 2.60. The minimum atomic E-state index is -0.249. The summed E-state index contributed by atoms with van der Waals surface area (Å²) in [7, 11) is 7.17. The third-order valence-electron chi connectivity index (χ3n) is 4.46. The number of fused-ring (bicyclic) bond motifs is 1. The van der Waals surface area contributed by atoms with Gasteiger partial charge in [-0.05, 0) is 30.7 Å². The van der Waals surface area contributed by atoms with E-state index in [1.807, 2.05) is 55.4 Å². The molecule has 0 fully saturated rings. The molecule has 0 saturated heterocycles. The van der Waals surface area contributed by atoms with E-state index in [2.05, 4.69) is 16.5 Å². The molecule has 0 spiro atoms. The fraction of sp³-hybridized carbons (Fsp3) is 0.333. The van der Waals surface area contributed by atoms with Crippen LogP contribution in [0, 0.1) is 0 Å². The van der Waals surface area contributed by atoms with Crippen LogP contribution in [0.4, 0.5) is 5.69 Å². The molecule has 6 nitrogen and oxygen atoms in total. The van der Waals surface area contributed by atoms with E-state index in [9.17, 15) is 4.79 Å². The van der Waals surface area contributed by atoms with E-state index < -0.39 is 0 Å². The number of carbonyl (C=O) groups excluding carboxylic acids is 1. The highest BCUT2D eigenvalue weighted by Crippen LogP contribution is 2.33. The van der Waals surface area contributed by atoms with Gasteiger partial charge in [-0.2, -0.15) is 4.99 Å². The number of benzene rings is 2. The van der Waals surface area contributed by atoms with Gasteiger partial charge in [0.05, 0.1) is 24.4 Å². The second-order valence-electron chi connectivity index (χ2n) is 6.57. The second-order valence-corrected chi connectivity index (χ2v) is 7.58. The fourth-order valence-corrected chi connectivity index (χ4v) is 4.04. The van der Waals surface area contributed by atoms with Crippen molar-refractivity contribution in [3.8, 4) is 11.5 Å². The van der Waals surface area contributed by atoms with Crippen LogP contribution in [0.2, 0.25) is 0 Å². The molecule has 7 heteroatoms. The number of carbonyl (C=O) groups is 1. The number of hydrogen-bond acceptors (Lipinski definition) is 5. The van der Waals surface area contributed by atoms with Crippen molar-refractivity contribution in [2.45, 2.75) is 19.9 Å². The number of anilines is 1. The summed E-state index contributed by atoms with van der Waals surface area (Å²) >= 11 is 1.48. The Labute approximate surface area is 168 Å². The molecule has 0 radical (unpaired) electrons. The van der Waals surface area contributed by atoms with Crippen molar-refractivity contribution >= 4 is 33.1 Å². The molecule has 1 heterocycles. The Morgan fingerprint density at radius 3 is 2.32 bits per heavy atom. The summed E-state index contributed by atoms with van der Waals surface area (Å²) in [5.74, 6) is 1.08. The Bertz CT molecular complexity index is 1050. The molecule has 0 unspecified atom stereocenters. The molecule has 0 aliphatic carbocycles. The Hall–Kier alpha value is -2.80. The zero-order valence-electron chi connectivity index (χ0n) is 16.9. The number of nitrogens with zero attached hydrogens (tertiary/aromatic N) is 3. The van der Waals surface area contributed by atoms with Gasteiger partial charge >= 0.3 is 0 Å². The number of aryl methyl sites for hydroxylation is 1. The number of rotatable bonds is 6. The van der Waals surface area contributed by atoms with Crippen LogP contribution < -0.4 is 19.2 Å². The lowest BCUT2D eigenvalue weighted by molar-refractivity contribution is 0.0998. The molecular weight excluding hydrogens is 374 g/mol. The summed E-state index contributed by atoms with van der Waals surface area (Å²) in [6.07, 6.45) is 0.930. The van der Waals surface area contributed by atoms with E-state index in [4.69, 9.17) is 9.47 Å². The zero-order chi connectivity index (χ0) is 20.3. The predicted molar refractivity (Wildman–Crippen MR) is 114 cm³/mol. The van der Waals surface area contributed by atoms with Gasteiger partial charge in [-0.15, -0.1) is 0 Å². The lowest BCUT2D eigenvalue weighted by Crippen LogP contribution is -2.17. The number of hydrogen-bond donors (Lipinski definition) is 0. The summed E-state index contributed by atoms with van der Waals surface area (Å²) < 4.78 is 13.9. The summed E-state index contributed by atoms with van der Waals surface area (Å²) in [5, 5.41) is 0. The van der Waals surface area contributed by atoms with E-state index in [-0.39, 0.29) is 5.91 Å². The molecule has 0 saturated carbocycles. The Morgan fingerprint density at radius 2 is 1.75 bits per heavy atom. The third-order valence-corrected chi connectivity index (χ3v) is 5.50. The van der Waals surface area contributed by atoms with E-state index in [0.29, 0.717) is 21.9 Å². The number of thiazole rings is 1. The number of aromatic nitrogens is 1. The molecule has 0 aliphatic heterocycles. The summed E-state index contributed by atoms with van der Waals surface area (Å²) in [4.78, 5) is 19.8. The van der Waals surface area contributed by atoms with Crippen LogP contribution in [-0.4, -0.2) is 38.8 Å². The molecule has 0 atom stereocenters. The number of amides is 1. The van der Waals surface area contributed by atoms with Gasteiger partial charge in [-0.3, -0.25) is 4.79 Å². The molecule has 3 aromatic rings. The molecule has 2 aromatic carbocycles. The summed E-state index contributed by atoms with van der Waals surface area (Å²) in [6, 6.07) is 11.3. The van der Waals surface area contributed by atoms with Gasteiger partial charge in [0, 0.05) is 44.0 Å². The van der Waals surface area contributed by atoms with Crippen LogP contribution in [-0.2, 0) is 6.54 Å². The fourth-order valence-electron chi connectivity index (χ4n) is 2.98. The standard InChI is InChI=1S/C21H25N3O3S/c1-6-11-24-16-12-17(26-4)18(27-5)13-19(16)28-21(24)22-20(25)14-7-9-15(10-8-14)23(2)3/h7-10,12-13H,6,11H2,1-5H3. The minimum absolute atomic E-state index is 0.249. The van der Waals surface area contributed by atoms with Gasteiger partial charge in [0.25, 0.3) is 5.91 Å². The maximum Gasteiger partial charge on any atom is 0.279 e. The SMILES string of the molecule is CCCn1c(=NC(=O)c2ccc(N(C)C)cc2)sc2cc(OC)c(OC)cc21. The molecule has 1 amide bonds. The molecule has 0 N–H and O–H groups in total. The van der Waals surface area contributed by atoms with Crippen molar-refractivity contribution in [3.63, 3.8) is 0 Å². The first-order valence-corrected chi connectivity index (χ1v) is 9.92. The Morgan fingerprint density at radius 1 is 1.11 bits per heavy atom. The second kappa shape index (κ2) is 8.48. The van der Waals surface area contributed by atoms with Crippen LogP contribution in [0.25, 0.3) is 10.2 Å². The van der Waals surface area contributed by atoms with Crippen LogP contribution in [0.3, 0.4) is 0 Å². The van der Waals surface area contributed by atoms with Gasteiger partial charge in [0.15, 0.2) is 16.3 Å². The lowest BCUT2D eigenvalue weighted by atomic mass is 10.2. The number of methoxy groups -OCH3 is 2. The first kappa shape index (κ1) is 19.9. The summed E-state index contributed by atoms with van der Waals surface area (Å²) in [6.45, 7) is 2.87. The van der Waals surface area contributed by atoms with Crippen LogP contribution >= 0.6 is 11.3 Å². The van der Waals surface area contributed by atoms with E-state index in [1.54, 1.807) is 14.2 Å². The monoisotopic (exact) mass is 399 g/mol. The van der Waals surface area contributed by atoms with Crippen LogP contribution in [0.1, 0.15) is 23.7 Å². The third kappa shape index (κ3) is 3.89. The van der Waals surface area contributed by atoms with E-state index in [0.717, 1.165) is 28.9 Å². The van der Waals surface area contributed by atoms with Crippen molar-refractivity contribution in [2.24, 2.45) is 4.99 Å². The molecule has 0 bridgehead atoms. The smallest absolute Gasteiger partial charge is 0.279 e. The maximum absolute atomic E-state index is 12.7. The molecule has 3 rings (SSSR count). The van der Waals surface area contributed by atoms with Gasteiger partial charge in [-0.25, -0.2) is 0 Å². The van der Waals surface area contributed by atoms with E-state index >= 15 is 0 Å². The average Bonchev–Trinajstić information content (AvgIpc) is 3.03. The molecule has 28 heavy (non-hydrogen) atoms. The van der Waals surface area contributed by atoms with E-state index in [1.165, 1.54) is 11.3 Å². The molecular formula is C21H25N3O3S. The minimum Gasteiger partial charge on any atom is -0.493 e.